The first kappa shape index (κ1) is 26.6. The molecule has 0 bridgehead atoms. The fraction of sp³-hybridized carbons (Fsp3) is 0.118. The minimum Gasteiger partial charge on any atom is -0.505 e. The van der Waals surface area contributed by atoms with Crippen LogP contribution < -0.4 is 9.64 Å². The van der Waals surface area contributed by atoms with Gasteiger partial charge in [-0.3, -0.25) is 18.9 Å². The van der Waals surface area contributed by atoms with Gasteiger partial charge in [-0.15, -0.1) is 0 Å². The summed E-state index contributed by atoms with van der Waals surface area (Å²) in [5.41, 5.74) is 4.96. The van der Waals surface area contributed by atoms with Crippen LogP contribution in [0.1, 0.15) is 34.1 Å². The number of amides is 1. The van der Waals surface area contributed by atoms with Crippen LogP contribution in [0.3, 0.4) is 0 Å². The van der Waals surface area contributed by atoms with Gasteiger partial charge in [0.2, 0.25) is 0 Å². The van der Waals surface area contributed by atoms with Crippen LogP contribution in [0.5, 0.6) is 5.75 Å². The summed E-state index contributed by atoms with van der Waals surface area (Å²) >= 11 is 1.33. The Morgan fingerprint density at radius 1 is 0.930 bits per heavy atom. The number of pyridine rings is 1. The first-order valence-electron chi connectivity index (χ1n) is 13.8. The van der Waals surface area contributed by atoms with E-state index in [1.165, 1.54) is 16.2 Å². The Morgan fingerprint density at radius 2 is 1.70 bits per heavy atom. The zero-order valence-corrected chi connectivity index (χ0v) is 24.2. The average molecular weight is 587 g/mol. The number of rotatable bonds is 6. The number of thiazole rings is 1. The summed E-state index contributed by atoms with van der Waals surface area (Å²) < 4.78 is 8.60. The number of aryl methyl sites for hydroxylation is 2. The number of hydrogen-bond donors (Lipinski definition) is 1. The molecule has 3 aromatic heterocycles. The number of carbonyl (C=O) groups excluding carboxylic acids is 2. The van der Waals surface area contributed by atoms with Crippen molar-refractivity contribution in [3.05, 3.63) is 131 Å². The second-order valence-electron chi connectivity index (χ2n) is 10.5. The lowest BCUT2D eigenvalue weighted by atomic mass is 9.96. The topological polar surface area (TPSA) is 97.0 Å². The molecule has 43 heavy (non-hydrogen) atoms. The van der Waals surface area contributed by atoms with Gasteiger partial charge in [-0.1, -0.05) is 65.9 Å². The molecule has 1 saturated heterocycles. The third kappa shape index (κ3) is 4.64. The molecule has 1 amide bonds. The van der Waals surface area contributed by atoms with Gasteiger partial charge in [-0.05, 0) is 66.9 Å². The number of aromatic nitrogens is 3. The summed E-state index contributed by atoms with van der Waals surface area (Å²) in [5.74, 6) is -1.19. The summed E-state index contributed by atoms with van der Waals surface area (Å²) in [4.78, 5) is 38.2. The highest BCUT2D eigenvalue weighted by atomic mass is 32.1. The molecular weight excluding hydrogens is 560 g/mol. The summed E-state index contributed by atoms with van der Waals surface area (Å²) in [6.07, 6.45) is 1.77. The third-order valence-corrected chi connectivity index (χ3v) is 8.57. The highest BCUT2D eigenvalue weighted by Gasteiger charge is 2.48. The van der Waals surface area contributed by atoms with Gasteiger partial charge in [0.05, 0.1) is 27.5 Å². The van der Waals surface area contributed by atoms with Crippen molar-refractivity contribution in [3.63, 3.8) is 0 Å². The van der Waals surface area contributed by atoms with E-state index in [4.69, 9.17) is 9.72 Å². The lowest BCUT2D eigenvalue weighted by Crippen LogP contribution is -2.29. The Bertz CT molecular complexity index is 2060. The highest BCUT2D eigenvalue weighted by molar-refractivity contribution is 7.22. The molecule has 212 valence electrons. The largest absolute Gasteiger partial charge is 0.505 e. The van der Waals surface area contributed by atoms with E-state index >= 15 is 0 Å². The minimum atomic E-state index is -0.918. The second kappa shape index (κ2) is 10.5. The molecule has 0 spiro atoms. The van der Waals surface area contributed by atoms with E-state index in [1.54, 1.807) is 29.7 Å². The number of anilines is 1. The monoisotopic (exact) mass is 586 g/mol. The van der Waals surface area contributed by atoms with Crippen LogP contribution in [-0.2, 0) is 16.2 Å². The Kier molecular flexibility index (Phi) is 6.51. The van der Waals surface area contributed by atoms with Gasteiger partial charge in [-0.25, -0.2) is 9.97 Å². The van der Waals surface area contributed by atoms with Gasteiger partial charge in [0.15, 0.2) is 10.9 Å². The van der Waals surface area contributed by atoms with Crippen LogP contribution in [0.25, 0.3) is 21.6 Å². The molecule has 4 heterocycles. The number of fused-ring (bicyclic) bond motifs is 2. The van der Waals surface area contributed by atoms with Gasteiger partial charge in [-0.2, -0.15) is 0 Å². The van der Waals surface area contributed by atoms with Crippen molar-refractivity contribution in [1.82, 2.24) is 14.4 Å². The molecule has 7 rings (SSSR count). The van der Waals surface area contributed by atoms with Gasteiger partial charge in [0, 0.05) is 6.20 Å². The number of benzene rings is 3. The van der Waals surface area contributed by atoms with Crippen molar-refractivity contribution < 1.29 is 19.4 Å². The number of aliphatic hydroxyl groups is 1. The van der Waals surface area contributed by atoms with E-state index in [0.29, 0.717) is 40.1 Å². The molecule has 8 nitrogen and oxygen atoms in total. The molecule has 6 aromatic rings. The van der Waals surface area contributed by atoms with E-state index in [2.05, 4.69) is 4.98 Å². The third-order valence-electron chi connectivity index (χ3n) is 7.56. The SMILES string of the molecule is Cc1ccc2nc(N3C(=O)C(=O)C(=C(O)c4c(C)nc5ccccn45)C3c3ccc(OCc4ccccc4)cc3)sc2c1. The van der Waals surface area contributed by atoms with E-state index < -0.39 is 17.7 Å². The van der Waals surface area contributed by atoms with E-state index in [-0.39, 0.29) is 11.3 Å². The Hall–Kier alpha value is -5.28. The molecule has 1 atom stereocenters. The van der Waals surface area contributed by atoms with Gasteiger partial charge < -0.3 is 9.84 Å². The minimum absolute atomic E-state index is 0.0212. The molecule has 1 aliphatic heterocycles. The van der Waals surface area contributed by atoms with Crippen molar-refractivity contribution >= 4 is 49.8 Å². The molecule has 9 heteroatoms. The molecule has 1 N–H and O–H groups in total. The van der Waals surface area contributed by atoms with Crippen LogP contribution in [0.15, 0.2) is 103 Å². The fourth-order valence-electron chi connectivity index (χ4n) is 5.48. The van der Waals surface area contributed by atoms with E-state index in [1.807, 2.05) is 85.8 Å². The van der Waals surface area contributed by atoms with Gasteiger partial charge in [0.25, 0.3) is 5.78 Å². The second-order valence-corrected chi connectivity index (χ2v) is 11.5. The van der Waals surface area contributed by atoms with Gasteiger partial charge in [0.1, 0.15) is 23.7 Å². The maximum atomic E-state index is 13.8. The van der Waals surface area contributed by atoms with Crippen LogP contribution in [0.4, 0.5) is 5.13 Å². The lowest BCUT2D eigenvalue weighted by Gasteiger charge is -2.23. The highest BCUT2D eigenvalue weighted by Crippen LogP contribution is 2.45. The van der Waals surface area contributed by atoms with Crippen LogP contribution in [0, 0.1) is 13.8 Å². The van der Waals surface area contributed by atoms with Crippen LogP contribution in [-0.4, -0.2) is 31.2 Å². The number of Topliss-reactive ketones (excluding diaryl/α,β-unsaturated/α-hetero) is 1. The van der Waals surface area contributed by atoms with Crippen molar-refractivity contribution in [2.45, 2.75) is 26.5 Å². The Labute approximate surface area is 251 Å². The molecule has 0 saturated carbocycles. The van der Waals surface area contributed by atoms with Crippen molar-refractivity contribution in [2.24, 2.45) is 0 Å². The molecule has 0 radical (unpaired) electrons. The Balaban J connectivity index is 1.36. The number of hydrogen-bond acceptors (Lipinski definition) is 7. The average Bonchev–Trinajstić information content (AvgIpc) is 3.67. The van der Waals surface area contributed by atoms with Crippen molar-refractivity contribution in [1.29, 1.82) is 0 Å². The smallest absolute Gasteiger partial charge is 0.301 e. The number of carbonyl (C=O) groups is 2. The zero-order valence-electron chi connectivity index (χ0n) is 23.4. The van der Waals surface area contributed by atoms with Crippen molar-refractivity contribution in [3.8, 4) is 5.75 Å². The van der Waals surface area contributed by atoms with Crippen molar-refractivity contribution in [2.75, 3.05) is 4.90 Å². The molecule has 1 unspecified atom stereocenters. The van der Waals surface area contributed by atoms with E-state index in [9.17, 15) is 14.7 Å². The normalized spacial score (nSPS) is 16.4. The predicted molar refractivity (Wildman–Crippen MR) is 166 cm³/mol. The number of ether oxygens (including phenoxy) is 1. The molecule has 1 fully saturated rings. The summed E-state index contributed by atoms with van der Waals surface area (Å²) in [7, 11) is 0. The summed E-state index contributed by atoms with van der Waals surface area (Å²) in [6, 6.07) is 27.5. The summed E-state index contributed by atoms with van der Waals surface area (Å²) in [6.45, 7) is 4.16. The number of imidazole rings is 1. The maximum absolute atomic E-state index is 13.8. The van der Waals surface area contributed by atoms with Gasteiger partial charge >= 0.3 is 5.91 Å². The first-order valence-corrected chi connectivity index (χ1v) is 14.6. The zero-order chi connectivity index (χ0) is 29.7. The fourth-order valence-corrected chi connectivity index (χ4v) is 6.57. The van der Waals surface area contributed by atoms with Crippen LogP contribution in [0.2, 0.25) is 0 Å². The van der Waals surface area contributed by atoms with E-state index in [0.717, 1.165) is 21.3 Å². The first-order chi connectivity index (χ1) is 20.9. The predicted octanol–water partition coefficient (Wildman–Crippen LogP) is 6.77. The molecule has 1 aliphatic rings. The lowest BCUT2D eigenvalue weighted by molar-refractivity contribution is -0.132. The number of nitrogens with zero attached hydrogens (tertiary/aromatic N) is 4. The maximum Gasteiger partial charge on any atom is 0.301 e. The molecule has 0 aliphatic carbocycles. The number of ketones is 1. The number of aliphatic hydroxyl groups excluding tert-OH is 1. The Morgan fingerprint density at radius 3 is 2.49 bits per heavy atom. The molecular formula is C34H26N4O4S. The summed E-state index contributed by atoms with van der Waals surface area (Å²) in [5, 5.41) is 12.2. The van der Waals surface area contributed by atoms with Crippen LogP contribution >= 0.6 is 11.3 Å². The standard InChI is InChI=1S/C34H26N4O4S/c1-20-11-16-25-26(18-20)43-34(36-25)38-30(23-12-14-24(15-13-23)42-19-22-8-4-3-5-9-22)28(32(40)33(38)41)31(39)29-21(2)35-27-10-6-7-17-37(27)29/h3-18,30,39H,19H2,1-2H3. The molecule has 3 aromatic carbocycles. The quantitative estimate of drug-likeness (QED) is 0.132.